The van der Waals surface area contributed by atoms with E-state index in [1.54, 1.807) is 12.4 Å². The van der Waals surface area contributed by atoms with Crippen LogP contribution in [0.1, 0.15) is 224 Å². The van der Waals surface area contributed by atoms with Crippen molar-refractivity contribution in [1.82, 2.24) is 62.5 Å². The lowest BCUT2D eigenvalue weighted by Crippen LogP contribution is -2.55. The number of hydrogen-bond donors (Lipinski definition) is 13. The van der Waals surface area contributed by atoms with Crippen molar-refractivity contribution in [1.29, 1.82) is 0 Å². The van der Waals surface area contributed by atoms with Gasteiger partial charge in [-0.3, -0.25) is 38.4 Å². The van der Waals surface area contributed by atoms with Gasteiger partial charge in [-0.25, -0.2) is 9.97 Å². The fraction of sp³-hybridized carbons (Fsp3) is 0.719. The van der Waals surface area contributed by atoms with Gasteiger partial charge in [0.25, 0.3) is 0 Å². The highest BCUT2D eigenvalue weighted by Crippen LogP contribution is 2.14. The van der Waals surface area contributed by atoms with Crippen molar-refractivity contribution < 1.29 is 38.4 Å². The van der Waals surface area contributed by atoms with Crippen LogP contribution < -0.4 is 48.3 Å². The van der Waals surface area contributed by atoms with E-state index in [2.05, 4.69) is 119 Å². The number of carbonyl (C=O) groups is 8. The van der Waals surface area contributed by atoms with Gasteiger partial charge in [-0.15, -0.1) is 0 Å². The number of H-pyrrole nitrogens is 2. The van der Waals surface area contributed by atoms with Gasteiger partial charge in [-0.05, 0) is 70.6 Å². The molecule has 87 heavy (non-hydrogen) atoms. The number of allylic oxidation sites excluding steroid dienone is 4. The molecule has 4 unspecified atom stereocenters. The third kappa shape index (κ3) is 42.0. The molecule has 12 N–H and O–H groups in total. The quantitative estimate of drug-likeness (QED) is 0.0172. The van der Waals surface area contributed by atoms with Gasteiger partial charge >= 0.3 is 0 Å². The summed E-state index contributed by atoms with van der Waals surface area (Å²) in [6.07, 6.45) is 47.8. The summed E-state index contributed by atoms with van der Waals surface area (Å²) in [5.41, 5.74) is 6.70. The van der Waals surface area contributed by atoms with E-state index in [-0.39, 0.29) is 87.1 Å². The zero-order chi connectivity index (χ0) is 63.2. The van der Waals surface area contributed by atoms with Crippen molar-refractivity contribution in [3.8, 4) is 0 Å². The topological polar surface area (TPSA) is 316 Å². The fourth-order valence-corrected chi connectivity index (χ4v) is 10.2. The van der Waals surface area contributed by atoms with Crippen LogP contribution in [0.5, 0.6) is 0 Å². The van der Waals surface area contributed by atoms with E-state index in [4.69, 9.17) is 5.73 Å². The van der Waals surface area contributed by atoms with E-state index >= 15 is 0 Å². The number of carbonyl (C=O) groups excluding carboxylic acids is 8. The summed E-state index contributed by atoms with van der Waals surface area (Å²) in [4.78, 5) is 116. The van der Waals surface area contributed by atoms with Crippen LogP contribution in [0.2, 0.25) is 0 Å². The van der Waals surface area contributed by atoms with Crippen LogP contribution in [0.15, 0.2) is 49.4 Å². The summed E-state index contributed by atoms with van der Waals surface area (Å²) in [6, 6.07) is -3.69. The summed E-state index contributed by atoms with van der Waals surface area (Å²) in [6.45, 7) is 3.31. The molecule has 2 heterocycles. The Morgan fingerprint density at radius 1 is 0.414 bits per heavy atom. The van der Waals surface area contributed by atoms with Crippen molar-refractivity contribution in [3.05, 3.63) is 60.7 Å². The van der Waals surface area contributed by atoms with Gasteiger partial charge in [0.15, 0.2) is 0 Å². The molecule has 23 heteroatoms. The number of amides is 8. The summed E-state index contributed by atoms with van der Waals surface area (Å²) in [7, 11) is 0. The van der Waals surface area contributed by atoms with E-state index in [9.17, 15) is 38.4 Å². The van der Waals surface area contributed by atoms with Gasteiger partial charge in [0.1, 0.15) is 24.2 Å². The SMILES string of the molecule is CCCCCCCC/C=C\CCCCCCCC(=O)NC(CS)C(=O)NC(Cc1cnc[nH]1)C(=O)NCCNC(=O)CCCCCCCCCC/C=C\CCCCCCCC(=O)NC(CS)C(=O)NC(Cc1cnc[nH]1)C(=O)NCCNC(=O)CCN. The zero-order valence-corrected chi connectivity index (χ0v) is 54.3. The smallest absolute Gasteiger partial charge is 0.244 e. The molecule has 0 bridgehead atoms. The molecule has 0 fully saturated rings. The molecule has 0 aliphatic heterocycles. The summed E-state index contributed by atoms with van der Waals surface area (Å²) in [5, 5.41) is 22.2. The molecule has 0 radical (unpaired) electrons. The lowest BCUT2D eigenvalue weighted by molar-refractivity contribution is -0.131. The molecule has 21 nitrogen and oxygen atoms in total. The van der Waals surface area contributed by atoms with Crippen molar-refractivity contribution in [2.45, 2.75) is 249 Å². The Kier molecular flexibility index (Phi) is 47.5. The van der Waals surface area contributed by atoms with E-state index < -0.39 is 47.8 Å². The van der Waals surface area contributed by atoms with Crippen molar-refractivity contribution in [2.24, 2.45) is 5.73 Å². The highest BCUT2D eigenvalue weighted by molar-refractivity contribution is 7.80. The molecule has 492 valence electrons. The van der Waals surface area contributed by atoms with Crippen LogP contribution in [0, 0.1) is 0 Å². The minimum Gasteiger partial charge on any atom is -0.354 e. The Bertz CT molecular complexity index is 2200. The highest BCUT2D eigenvalue weighted by Gasteiger charge is 2.28. The molecule has 2 aromatic rings. The lowest BCUT2D eigenvalue weighted by atomic mass is 10.1. The van der Waals surface area contributed by atoms with Crippen LogP contribution >= 0.6 is 25.3 Å². The molecule has 8 amide bonds. The lowest BCUT2D eigenvalue weighted by Gasteiger charge is -2.22. The number of unbranched alkanes of at least 4 members (excludes halogenated alkanes) is 24. The molecule has 0 aliphatic rings. The Morgan fingerprint density at radius 2 is 0.736 bits per heavy atom. The Balaban J connectivity index is 1.48. The summed E-state index contributed by atoms with van der Waals surface area (Å²) in [5.74, 6) is -2.45. The number of hydrogen-bond acceptors (Lipinski definition) is 13. The van der Waals surface area contributed by atoms with Crippen molar-refractivity contribution in [3.63, 3.8) is 0 Å². The zero-order valence-electron chi connectivity index (χ0n) is 52.6. The van der Waals surface area contributed by atoms with Crippen LogP contribution in [-0.2, 0) is 51.2 Å². The molecule has 0 saturated heterocycles. The predicted molar refractivity (Wildman–Crippen MR) is 353 cm³/mol. The van der Waals surface area contributed by atoms with E-state index in [0.717, 1.165) is 103 Å². The minimum absolute atomic E-state index is 0.0591. The highest BCUT2D eigenvalue weighted by atomic mass is 32.1. The monoisotopic (exact) mass is 1250 g/mol. The average Bonchev–Trinajstić information content (AvgIpc) is 4.43. The van der Waals surface area contributed by atoms with Gasteiger partial charge in [-0.1, -0.05) is 140 Å². The second-order valence-electron chi connectivity index (χ2n) is 22.6. The van der Waals surface area contributed by atoms with E-state index in [1.165, 1.54) is 83.3 Å². The van der Waals surface area contributed by atoms with Gasteiger partial charge in [0.05, 0.1) is 12.7 Å². The summed E-state index contributed by atoms with van der Waals surface area (Å²) < 4.78 is 0. The normalized spacial score (nSPS) is 12.7. The summed E-state index contributed by atoms with van der Waals surface area (Å²) >= 11 is 8.61. The first kappa shape index (κ1) is 77.4. The Hall–Kier alpha value is -5.68. The Morgan fingerprint density at radius 3 is 1.07 bits per heavy atom. The molecule has 2 rings (SSSR count). The first-order valence-electron chi connectivity index (χ1n) is 32.8. The molecule has 2 aromatic heterocycles. The standard InChI is InChI=1S/C64H111N13O8S2/c1-2-3-4-5-6-7-8-9-13-17-20-23-26-29-32-35-59(80)74-55(47-86)63(84)76-53(43-51-45-66-49-72-51)61(82)70-41-39-68-57(78)34-31-28-25-22-19-16-14-11-10-12-15-18-21-24-27-30-33-36-60(81)75-56(48-87)64(85)77-54(44-52-46-67-50-73-52)62(83)71-42-40-69-58(79)37-38-65/h9,12-13,15,45-46,49-50,53-56,86-87H,2-8,10-11,14,16-44,47-48,65H2,1H3,(H,66,72)(H,67,73)(H,68,78)(H,69,79)(H,70,82)(H,71,83)(H,74,80)(H,75,81)(H,76,84)(H,77,85)/b13-9-,15-12-. The van der Waals surface area contributed by atoms with Crippen LogP contribution in [0.25, 0.3) is 0 Å². The number of nitrogens with one attached hydrogen (secondary N) is 10. The van der Waals surface area contributed by atoms with Crippen molar-refractivity contribution >= 4 is 72.5 Å². The molecular weight excluding hydrogens is 1140 g/mol. The third-order valence-electron chi connectivity index (χ3n) is 14.9. The molecule has 0 spiro atoms. The maximum Gasteiger partial charge on any atom is 0.244 e. The second-order valence-corrected chi connectivity index (χ2v) is 23.3. The average molecular weight is 1250 g/mol. The number of nitrogens with zero attached hydrogens (tertiary/aromatic N) is 2. The Labute approximate surface area is 530 Å². The van der Waals surface area contributed by atoms with Crippen molar-refractivity contribution in [2.75, 3.05) is 44.2 Å². The van der Waals surface area contributed by atoms with Crippen LogP contribution in [-0.4, -0.2) is 136 Å². The maximum absolute atomic E-state index is 13.3. The first-order chi connectivity index (χ1) is 42.4. The van der Waals surface area contributed by atoms with E-state index in [1.807, 2.05) is 0 Å². The molecule has 0 aromatic carbocycles. The number of imidazole rings is 2. The largest absolute Gasteiger partial charge is 0.354 e. The molecule has 4 atom stereocenters. The number of rotatable bonds is 56. The number of aromatic nitrogens is 4. The first-order valence-corrected chi connectivity index (χ1v) is 34.1. The van der Waals surface area contributed by atoms with Crippen LogP contribution in [0.3, 0.4) is 0 Å². The van der Waals surface area contributed by atoms with Gasteiger partial charge in [0, 0.05) is 107 Å². The molecule has 0 aliphatic carbocycles. The number of thiol groups is 2. The van der Waals surface area contributed by atoms with E-state index in [0.29, 0.717) is 37.1 Å². The number of nitrogens with two attached hydrogens (primary N) is 1. The van der Waals surface area contributed by atoms with Gasteiger partial charge < -0.3 is 58.2 Å². The van der Waals surface area contributed by atoms with Gasteiger partial charge in [-0.2, -0.15) is 25.3 Å². The molecule has 0 saturated carbocycles. The predicted octanol–water partition coefficient (Wildman–Crippen LogP) is 7.76. The fourth-order valence-electron chi connectivity index (χ4n) is 9.72. The van der Waals surface area contributed by atoms with Crippen LogP contribution in [0.4, 0.5) is 0 Å². The number of aromatic amines is 2. The maximum atomic E-state index is 13.3. The minimum atomic E-state index is -0.945. The van der Waals surface area contributed by atoms with Gasteiger partial charge in [0.2, 0.25) is 47.3 Å². The molecular formula is C64H111N13O8S2. The second kappa shape index (κ2) is 53.4. The third-order valence-corrected chi connectivity index (χ3v) is 15.6.